The average molecular weight is 212 g/mol. The van der Waals surface area contributed by atoms with E-state index in [4.69, 9.17) is 17.3 Å². The first kappa shape index (κ1) is 11.5. The molecule has 1 nitrogen and oxygen atoms in total. The Kier molecular flexibility index (Phi) is 4.43. The quantitative estimate of drug-likeness (QED) is 0.812. The van der Waals surface area contributed by atoms with E-state index in [-0.39, 0.29) is 0 Å². The molecule has 1 atom stereocenters. The Balaban J connectivity index is 2.90. The van der Waals surface area contributed by atoms with Crippen molar-refractivity contribution in [3.05, 3.63) is 34.3 Å². The first-order valence-electron chi connectivity index (χ1n) is 5.16. The van der Waals surface area contributed by atoms with E-state index in [2.05, 4.69) is 19.9 Å². The lowest BCUT2D eigenvalue weighted by Gasteiger charge is -2.12. The zero-order valence-corrected chi connectivity index (χ0v) is 9.64. The minimum Gasteiger partial charge on any atom is -0.330 e. The summed E-state index contributed by atoms with van der Waals surface area (Å²) >= 11 is 6.04. The standard InChI is InChI=1S/C12H18ClN/c1-3-10-6-11(8-12(13)7-10)9(2)4-5-14/h6-9H,3-5,14H2,1-2H3. The molecule has 0 amide bonds. The highest BCUT2D eigenvalue weighted by Crippen LogP contribution is 2.24. The predicted molar refractivity (Wildman–Crippen MR) is 62.9 cm³/mol. The van der Waals surface area contributed by atoms with E-state index in [9.17, 15) is 0 Å². The Labute approximate surface area is 91.3 Å². The lowest BCUT2D eigenvalue weighted by molar-refractivity contribution is 0.689. The molecule has 1 aromatic carbocycles. The number of nitrogens with two attached hydrogens (primary N) is 1. The van der Waals surface area contributed by atoms with Crippen LogP contribution < -0.4 is 5.73 Å². The SMILES string of the molecule is CCc1cc(Cl)cc(C(C)CCN)c1. The molecule has 0 aromatic heterocycles. The molecule has 0 heterocycles. The maximum Gasteiger partial charge on any atom is 0.0411 e. The molecular weight excluding hydrogens is 194 g/mol. The van der Waals surface area contributed by atoms with Gasteiger partial charge >= 0.3 is 0 Å². The molecule has 14 heavy (non-hydrogen) atoms. The number of aryl methyl sites for hydroxylation is 1. The summed E-state index contributed by atoms with van der Waals surface area (Å²) in [5, 5.41) is 0.836. The van der Waals surface area contributed by atoms with E-state index < -0.39 is 0 Å². The van der Waals surface area contributed by atoms with Gasteiger partial charge in [-0.2, -0.15) is 0 Å². The molecular formula is C12H18ClN. The smallest absolute Gasteiger partial charge is 0.0411 e. The van der Waals surface area contributed by atoms with Crippen molar-refractivity contribution in [3.63, 3.8) is 0 Å². The molecule has 0 saturated carbocycles. The Bertz CT molecular complexity index is 296. The first-order valence-corrected chi connectivity index (χ1v) is 5.54. The summed E-state index contributed by atoms with van der Waals surface area (Å²) in [4.78, 5) is 0. The lowest BCUT2D eigenvalue weighted by atomic mass is 9.95. The highest BCUT2D eigenvalue weighted by atomic mass is 35.5. The maximum atomic E-state index is 6.04. The maximum absolute atomic E-state index is 6.04. The molecule has 0 aliphatic rings. The van der Waals surface area contributed by atoms with Crippen molar-refractivity contribution in [2.45, 2.75) is 32.6 Å². The van der Waals surface area contributed by atoms with Crippen molar-refractivity contribution in [2.75, 3.05) is 6.54 Å². The zero-order chi connectivity index (χ0) is 10.6. The number of hydrogen-bond acceptors (Lipinski definition) is 1. The van der Waals surface area contributed by atoms with E-state index in [1.165, 1.54) is 11.1 Å². The third-order valence-corrected chi connectivity index (χ3v) is 2.78. The van der Waals surface area contributed by atoms with E-state index >= 15 is 0 Å². The molecule has 1 unspecified atom stereocenters. The molecule has 1 aromatic rings. The number of benzene rings is 1. The van der Waals surface area contributed by atoms with Crippen LogP contribution in [0.2, 0.25) is 5.02 Å². The van der Waals surface area contributed by atoms with Gasteiger partial charge in [0.2, 0.25) is 0 Å². The second-order valence-electron chi connectivity index (χ2n) is 3.72. The van der Waals surface area contributed by atoms with Gasteiger partial charge in [0, 0.05) is 5.02 Å². The Morgan fingerprint density at radius 1 is 1.36 bits per heavy atom. The van der Waals surface area contributed by atoms with Gasteiger partial charge in [-0.1, -0.05) is 31.5 Å². The van der Waals surface area contributed by atoms with E-state index in [0.29, 0.717) is 5.92 Å². The average Bonchev–Trinajstić information content (AvgIpc) is 2.17. The third-order valence-electron chi connectivity index (χ3n) is 2.56. The van der Waals surface area contributed by atoms with Gasteiger partial charge in [0.1, 0.15) is 0 Å². The molecule has 0 fully saturated rings. The Morgan fingerprint density at radius 2 is 2.07 bits per heavy atom. The van der Waals surface area contributed by atoms with Crippen LogP contribution in [-0.2, 0) is 6.42 Å². The summed E-state index contributed by atoms with van der Waals surface area (Å²) in [6.45, 7) is 5.07. The van der Waals surface area contributed by atoms with Gasteiger partial charge < -0.3 is 5.73 Å². The van der Waals surface area contributed by atoms with Gasteiger partial charge in [-0.05, 0) is 48.6 Å². The Morgan fingerprint density at radius 3 is 2.64 bits per heavy atom. The van der Waals surface area contributed by atoms with Gasteiger partial charge in [-0.15, -0.1) is 0 Å². The topological polar surface area (TPSA) is 26.0 Å². The molecule has 1 rings (SSSR count). The summed E-state index contributed by atoms with van der Waals surface area (Å²) in [5.41, 5.74) is 8.15. The van der Waals surface area contributed by atoms with Gasteiger partial charge in [0.25, 0.3) is 0 Å². The van der Waals surface area contributed by atoms with Crippen molar-refractivity contribution in [3.8, 4) is 0 Å². The van der Waals surface area contributed by atoms with E-state index in [0.717, 1.165) is 24.4 Å². The van der Waals surface area contributed by atoms with Crippen LogP contribution in [0.15, 0.2) is 18.2 Å². The van der Waals surface area contributed by atoms with Crippen LogP contribution in [0.1, 0.15) is 37.3 Å². The van der Waals surface area contributed by atoms with Gasteiger partial charge in [-0.3, -0.25) is 0 Å². The number of hydrogen-bond donors (Lipinski definition) is 1. The summed E-state index contributed by atoms with van der Waals surface area (Å²) < 4.78 is 0. The molecule has 0 bridgehead atoms. The summed E-state index contributed by atoms with van der Waals surface area (Å²) in [6, 6.07) is 6.30. The summed E-state index contributed by atoms with van der Waals surface area (Å²) in [5.74, 6) is 0.504. The largest absolute Gasteiger partial charge is 0.330 e. The highest BCUT2D eigenvalue weighted by Gasteiger charge is 2.06. The molecule has 0 aliphatic carbocycles. The summed E-state index contributed by atoms with van der Waals surface area (Å²) in [7, 11) is 0. The molecule has 78 valence electrons. The Hall–Kier alpha value is -0.530. The van der Waals surface area contributed by atoms with Crippen LogP contribution in [0.25, 0.3) is 0 Å². The fourth-order valence-corrected chi connectivity index (χ4v) is 1.85. The van der Waals surface area contributed by atoms with Gasteiger partial charge in [0.05, 0.1) is 0 Å². The predicted octanol–water partition coefficient (Wildman–Crippen LogP) is 3.35. The monoisotopic (exact) mass is 211 g/mol. The van der Waals surface area contributed by atoms with Crippen molar-refractivity contribution >= 4 is 11.6 Å². The van der Waals surface area contributed by atoms with Gasteiger partial charge in [0.15, 0.2) is 0 Å². The second-order valence-corrected chi connectivity index (χ2v) is 4.16. The molecule has 2 N–H and O–H groups in total. The minimum atomic E-state index is 0.504. The first-order chi connectivity index (χ1) is 6.67. The highest BCUT2D eigenvalue weighted by molar-refractivity contribution is 6.30. The van der Waals surface area contributed by atoms with Gasteiger partial charge in [-0.25, -0.2) is 0 Å². The summed E-state index contributed by atoms with van der Waals surface area (Å²) in [6.07, 6.45) is 2.05. The van der Waals surface area contributed by atoms with Crippen LogP contribution in [0, 0.1) is 0 Å². The number of rotatable bonds is 4. The molecule has 2 heteroatoms. The fraction of sp³-hybridized carbons (Fsp3) is 0.500. The van der Waals surface area contributed by atoms with Crippen molar-refractivity contribution in [1.82, 2.24) is 0 Å². The minimum absolute atomic E-state index is 0.504. The van der Waals surface area contributed by atoms with Crippen molar-refractivity contribution in [1.29, 1.82) is 0 Å². The zero-order valence-electron chi connectivity index (χ0n) is 8.89. The van der Waals surface area contributed by atoms with Crippen molar-refractivity contribution < 1.29 is 0 Å². The molecule has 0 aliphatic heterocycles. The van der Waals surface area contributed by atoms with Crippen LogP contribution in [0.5, 0.6) is 0 Å². The third kappa shape index (κ3) is 3.00. The van der Waals surface area contributed by atoms with E-state index in [1.54, 1.807) is 0 Å². The van der Waals surface area contributed by atoms with Crippen LogP contribution in [0.4, 0.5) is 0 Å². The fourth-order valence-electron chi connectivity index (χ4n) is 1.58. The normalized spacial score (nSPS) is 12.9. The molecule has 0 spiro atoms. The lowest BCUT2D eigenvalue weighted by Crippen LogP contribution is -2.04. The van der Waals surface area contributed by atoms with E-state index in [1.807, 2.05) is 12.1 Å². The van der Waals surface area contributed by atoms with Crippen LogP contribution >= 0.6 is 11.6 Å². The second kappa shape index (κ2) is 5.38. The van der Waals surface area contributed by atoms with Crippen LogP contribution in [-0.4, -0.2) is 6.54 Å². The van der Waals surface area contributed by atoms with Crippen LogP contribution in [0.3, 0.4) is 0 Å². The van der Waals surface area contributed by atoms with Crippen molar-refractivity contribution in [2.24, 2.45) is 5.73 Å². The molecule has 0 radical (unpaired) electrons. The molecule has 0 saturated heterocycles. The number of halogens is 1.